The first kappa shape index (κ1) is 17.9. The summed E-state index contributed by atoms with van der Waals surface area (Å²) in [5.74, 6) is -0.166. The van der Waals surface area contributed by atoms with E-state index in [0.717, 1.165) is 11.1 Å². The van der Waals surface area contributed by atoms with E-state index in [1.54, 1.807) is 23.1 Å². The third-order valence-electron chi connectivity index (χ3n) is 4.25. The predicted octanol–water partition coefficient (Wildman–Crippen LogP) is 3.86. The lowest BCUT2D eigenvalue weighted by Gasteiger charge is -2.23. The van der Waals surface area contributed by atoms with E-state index in [1.807, 2.05) is 32.0 Å². The molecule has 2 aromatic carbocycles. The number of halogens is 1. The minimum atomic E-state index is -3.84. The van der Waals surface area contributed by atoms with Crippen LogP contribution in [0.4, 0.5) is 11.4 Å². The van der Waals surface area contributed by atoms with Crippen molar-refractivity contribution in [1.29, 1.82) is 0 Å². The van der Waals surface area contributed by atoms with Crippen LogP contribution in [0.2, 0.25) is 0 Å². The summed E-state index contributed by atoms with van der Waals surface area (Å²) < 4.78 is 29.3. The van der Waals surface area contributed by atoms with Crippen LogP contribution in [-0.4, -0.2) is 20.4 Å². The second-order valence-electron chi connectivity index (χ2n) is 6.33. The Balaban J connectivity index is 2.11. The van der Waals surface area contributed by atoms with Crippen LogP contribution >= 0.6 is 15.9 Å². The van der Waals surface area contributed by atoms with Crippen molar-refractivity contribution in [3.63, 3.8) is 0 Å². The lowest BCUT2D eigenvalue weighted by molar-refractivity contribution is -0.116. The highest BCUT2D eigenvalue weighted by Crippen LogP contribution is 2.40. The molecule has 0 fully saturated rings. The van der Waals surface area contributed by atoms with E-state index in [2.05, 4.69) is 20.7 Å². The van der Waals surface area contributed by atoms with Gasteiger partial charge in [0.1, 0.15) is 4.90 Å². The average molecular weight is 423 g/mol. The van der Waals surface area contributed by atoms with Crippen LogP contribution in [-0.2, 0) is 21.2 Å². The Morgan fingerprint density at radius 1 is 1.24 bits per heavy atom. The molecule has 0 bridgehead atoms. The number of carbonyl (C=O) groups excluding carboxylic acids is 1. The summed E-state index contributed by atoms with van der Waals surface area (Å²) in [6, 6.07) is 10.5. The first-order chi connectivity index (χ1) is 11.7. The Bertz CT molecular complexity index is 940. The highest BCUT2D eigenvalue weighted by molar-refractivity contribution is 9.10. The van der Waals surface area contributed by atoms with Gasteiger partial charge in [-0.05, 0) is 50.1 Å². The van der Waals surface area contributed by atoms with E-state index in [4.69, 9.17) is 0 Å². The summed E-state index contributed by atoms with van der Waals surface area (Å²) in [4.78, 5) is 13.7. The predicted molar refractivity (Wildman–Crippen MR) is 102 cm³/mol. The van der Waals surface area contributed by atoms with Gasteiger partial charge in [0, 0.05) is 23.1 Å². The van der Waals surface area contributed by atoms with Crippen LogP contribution in [0.5, 0.6) is 0 Å². The zero-order valence-corrected chi connectivity index (χ0v) is 16.6. The summed E-state index contributed by atoms with van der Waals surface area (Å²) in [6.45, 7) is 5.31. The Hall–Kier alpha value is -1.86. The van der Waals surface area contributed by atoms with Gasteiger partial charge in [-0.25, -0.2) is 8.42 Å². The second-order valence-corrected chi connectivity index (χ2v) is 8.89. The Labute approximate surface area is 156 Å². The zero-order chi connectivity index (χ0) is 18.4. The molecule has 1 aliphatic heterocycles. The molecule has 0 saturated carbocycles. The van der Waals surface area contributed by atoms with E-state index in [0.29, 0.717) is 22.3 Å². The molecular formula is C18H19BrN2O3S. The molecule has 1 N–H and O–H groups in total. The number of hydrogen-bond donors (Lipinski definition) is 1. The normalized spacial score (nSPS) is 16.6. The van der Waals surface area contributed by atoms with Crippen molar-refractivity contribution in [2.45, 2.75) is 38.1 Å². The fraction of sp³-hybridized carbons (Fsp3) is 0.278. The lowest BCUT2D eigenvalue weighted by atomic mass is 10.1. The Morgan fingerprint density at radius 3 is 2.48 bits per heavy atom. The number of nitrogens with zero attached hydrogens (tertiary/aromatic N) is 1. The van der Waals surface area contributed by atoms with Crippen molar-refractivity contribution < 1.29 is 13.2 Å². The van der Waals surface area contributed by atoms with Crippen LogP contribution in [0, 0.1) is 6.92 Å². The topological polar surface area (TPSA) is 66.5 Å². The van der Waals surface area contributed by atoms with Gasteiger partial charge in [0.05, 0.1) is 5.69 Å². The SMILES string of the molecule is CC(=O)N1c2c(cc(Br)cc2S(=O)(=O)Nc2ccc(C)cc2)C[C@@H]1C. The molecule has 7 heteroatoms. The highest BCUT2D eigenvalue weighted by atomic mass is 79.9. The average Bonchev–Trinajstić information content (AvgIpc) is 2.84. The number of carbonyl (C=O) groups is 1. The first-order valence-corrected chi connectivity index (χ1v) is 10.2. The maximum absolute atomic E-state index is 13.0. The molecular weight excluding hydrogens is 404 g/mol. The molecule has 1 heterocycles. The Morgan fingerprint density at radius 2 is 1.88 bits per heavy atom. The number of benzene rings is 2. The van der Waals surface area contributed by atoms with Crippen molar-refractivity contribution in [3.05, 3.63) is 52.0 Å². The maximum atomic E-state index is 13.0. The van der Waals surface area contributed by atoms with Gasteiger partial charge in [0.2, 0.25) is 5.91 Å². The van der Waals surface area contributed by atoms with Gasteiger partial charge >= 0.3 is 0 Å². The van der Waals surface area contributed by atoms with Gasteiger partial charge < -0.3 is 4.90 Å². The maximum Gasteiger partial charge on any atom is 0.264 e. The molecule has 25 heavy (non-hydrogen) atoms. The van der Waals surface area contributed by atoms with Crippen molar-refractivity contribution >= 4 is 43.2 Å². The van der Waals surface area contributed by atoms with Crippen LogP contribution < -0.4 is 9.62 Å². The number of sulfonamides is 1. The molecule has 5 nitrogen and oxygen atoms in total. The van der Waals surface area contributed by atoms with Gasteiger partial charge in [-0.2, -0.15) is 0 Å². The van der Waals surface area contributed by atoms with Gasteiger partial charge in [0.25, 0.3) is 10.0 Å². The summed E-state index contributed by atoms with van der Waals surface area (Å²) in [6.07, 6.45) is 0.626. The molecule has 0 radical (unpaired) electrons. The molecule has 1 amide bonds. The number of amides is 1. The van der Waals surface area contributed by atoms with Crippen molar-refractivity contribution in [2.24, 2.45) is 0 Å². The third-order valence-corrected chi connectivity index (χ3v) is 6.10. The Kier molecular flexibility index (Phi) is 4.64. The van der Waals surface area contributed by atoms with Gasteiger partial charge in [-0.3, -0.25) is 9.52 Å². The molecule has 0 unspecified atom stereocenters. The highest BCUT2D eigenvalue weighted by Gasteiger charge is 2.35. The lowest BCUT2D eigenvalue weighted by Crippen LogP contribution is -2.34. The summed E-state index contributed by atoms with van der Waals surface area (Å²) in [7, 11) is -3.84. The third kappa shape index (κ3) is 3.43. The van der Waals surface area contributed by atoms with Crippen LogP contribution in [0.1, 0.15) is 25.0 Å². The van der Waals surface area contributed by atoms with E-state index in [-0.39, 0.29) is 16.8 Å². The van der Waals surface area contributed by atoms with Crippen LogP contribution in [0.25, 0.3) is 0 Å². The molecule has 1 aliphatic rings. The number of fused-ring (bicyclic) bond motifs is 1. The molecule has 132 valence electrons. The largest absolute Gasteiger partial charge is 0.308 e. The van der Waals surface area contributed by atoms with E-state index in [9.17, 15) is 13.2 Å². The van der Waals surface area contributed by atoms with E-state index < -0.39 is 10.0 Å². The monoisotopic (exact) mass is 422 g/mol. The zero-order valence-electron chi connectivity index (χ0n) is 14.2. The van der Waals surface area contributed by atoms with Crippen molar-refractivity contribution in [2.75, 3.05) is 9.62 Å². The molecule has 0 aliphatic carbocycles. The molecule has 3 rings (SSSR count). The summed E-state index contributed by atoms with van der Waals surface area (Å²) >= 11 is 3.38. The number of anilines is 2. The molecule has 0 saturated heterocycles. The molecule has 0 aromatic heterocycles. The van der Waals surface area contributed by atoms with Gasteiger partial charge in [-0.15, -0.1) is 0 Å². The quantitative estimate of drug-likeness (QED) is 0.816. The molecule has 0 spiro atoms. The van der Waals surface area contributed by atoms with Crippen molar-refractivity contribution in [3.8, 4) is 0 Å². The minimum absolute atomic E-state index is 0.0740. The van der Waals surface area contributed by atoms with Gasteiger partial charge in [-0.1, -0.05) is 33.6 Å². The fourth-order valence-corrected chi connectivity index (χ4v) is 5.17. The number of hydrogen-bond acceptors (Lipinski definition) is 3. The fourth-order valence-electron chi connectivity index (χ4n) is 3.19. The molecule has 2 aromatic rings. The molecule has 1 atom stereocenters. The van der Waals surface area contributed by atoms with E-state index >= 15 is 0 Å². The first-order valence-electron chi connectivity index (χ1n) is 7.91. The standard InChI is InChI=1S/C18H19BrN2O3S/c1-11-4-6-16(7-5-11)20-25(23,24)17-10-15(19)9-14-8-12(2)21(13(3)22)18(14)17/h4-7,9-10,12,20H,8H2,1-3H3/t12-/m0/s1. The number of nitrogens with one attached hydrogen (secondary N) is 1. The van der Waals surface area contributed by atoms with Crippen LogP contribution in [0.15, 0.2) is 45.8 Å². The minimum Gasteiger partial charge on any atom is -0.308 e. The second kappa shape index (κ2) is 6.46. The summed E-state index contributed by atoms with van der Waals surface area (Å²) in [5, 5.41) is 0. The number of aryl methyl sites for hydroxylation is 1. The number of rotatable bonds is 3. The van der Waals surface area contributed by atoms with Crippen LogP contribution in [0.3, 0.4) is 0 Å². The van der Waals surface area contributed by atoms with E-state index in [1.165, 1.54) is 6.92 Å². The van der Waals surface area contributed by atoms with Gasteiger partial charge in [0.15, 0.2) is 0 Å². The smallest absolute Gasteiger partial charge is 0.264 e. The van der Waals surface area contributed by atoms with Crippen molar-refractivity contribution in [1.82, 2.24) is 0 Å². The summed E-state index contributed by atoms with van der Waals surface area (Å²) in [5.41, 5.74) is 2.85.